The van der Waals surface area contributed by atoms with Crippen molar-refractivity contribution in [3.63, 3.8) is 0 Å². The molecule has 116 valence electrons. The summed E-state index contributed by atoms with van der Waals surface area (Å²) in [7, 11) is 0. The lowest BCUT2D eigenvalue weighted by Crippen LogP contribution is -2.60. The zero-order chi connectivity index (χ0) is 16.2. The first-order valence-electron chi connectivity index (χ1n) is 7.39. The van der Waals surface area contributed by atoms with E-state index in [0.717, 1.165) is 0 Å². The minimum absolute atomic E-state index is 0.319. The third-order valence-electron chi connectivity index (χ3n) is 5.85. The molecule has 1 saturated carbocycles. The Labute approximate surface area is 129 Å². The lowest BCUT2D eigenvalue weighted by Gasteiger charge is -2.48. The van der Waals surface area contributed by atoms with Gasteiger partial charge in [-0.1, -0.05) is 32.0 Å². The van der Waals surface area contributed by atoms with E-state index in [2.05, 4.69) is 5.32 Å². The Morgan fingerprint density at radius 3 is 2.32 bits per heavy atom. The van der Waals surface area contributed by atoms with Gasteiger partial charge in [-0.05, 0) is 31.9 Å². The summed E-state index contributed by atoms with van der Waals surface area (Å²) in [5, 5.41) is 2.80. The van der Waals surface area contributed by atoms with Crippen LogP contribution in [-0.2, 0) is 19.1 Å². The van der Waals surface area contributed by atoms with Gasteiger partial charge in [0.05, 0.1) is 5.41 Å². The average Bonchev–Trinajstić information content (AvgIpc) is 2.61. The molecule has 5 heteroatoms. The number of anilines is 1. The SMILES string of the molecule is CC12CCC(C(=O)Nc3ccccc3)(C(=O)OC1=O)C2(C)C. The van der Waals surface area contributed by atoms with E-state index < -0.39 is 34.1 Å². The third kappa shape index (κ3) is 1.56. The van der Waals surface area contributed by atoms with Crippen molar-refractivity contribution in [1.82, 2.24) is 0 Å². The first kappa shape index (κ1) is 14.8. The third-order valence-corrected chi connectivity index (χ3v) is 5.85. The molecule has 2 fully saturated rings. The number of rotatable bonds is 2. The normalized spacial score (nSPS) is 32.5. The highest BCUT2D eigenvalue weighted by molar-refractivity contribution is 6.14. The van der Waals surface area contributed by atoms with Gasteiger partial charge in [-0.3, -0.25) is 14.4 Å². The molecule has 2 aliphatic rings. The van der Waals surface area contributed by atoms with Crippen LogP contribution < -0.4 is 5.32 Å². The minimum atomic E-state index is -1.33. The molecular formula is C17H19NO4. The van der Waals surface area contributed by atoms with Crippen molar-refractivity contribution in [2.75, 3.05) is 5.32 Å². The number of nitrogens with one attached hydrogen (secondary N) is 1. The van der Waals surface area contributed by atoms with Gasteiger partial charge in [0.1, 0.15) is 0 Å². The number of cyclic esters (lactones) is 2. The molecule has 1 amide bonds. The predicted molar refractivity (Wildman–Crippen MR) is 79.7 cm³/mol. The zero-order valence-corrected chi connectivity index (χ0v) is 12.9. The van der Waals surface area contributed by atoms with Crippen molar-refractivity contribution in [2.24, 2.45) is 16.2 Å². The molecule has 1 N–H and O–H groups in total. The fourth-order valence-electron chi connectivity index (χ4n) is 3.78. The molecule has 1 heterocycles. The maximum absolute atomic E-state index is 12.9. The van der Waals surface area contributed by atoms with E-state index in [9.17, 15) is 14.4 Å². The topological polar surface area (TPSA) is 72.5 Å². The number of carbonyl (C=O) groups is 3. The average molecular weight is 301 g/mol. The van der Waals surface area contributed by atoms with Crippen molar-refractivity contribution in [1.29, 1.82) is 0 Å². The second-order valence-electron chi connectivity index (χ2n) is 6.86. The number of fused-ring (bicyclic) bond motifs is 2. The molecule has 3 rings (SSSR count). The number of ether oxygens (including phenoxy) is 1. The molecule has 5 nitrogen and oxygen atoms in total. The minimum Gasteiger partial charge on any atom is -0.392 e. The van der Waals surface area contributed by atoms with Crippen molar-refractivity contribution >= 4 is 23.5 Å². The second kappa shape index (κ2) is 4.41. The van der Waals surface area contributed by atoms with Gasteiger partial charge in [0.15, 0.2) is 5.41 Å². The van der Waals surface area contributed by atoms with Crippen LogP contribution in [0, 0.1) is 16.2 Å². The standard InChI is InChI=1S/C17H19NO4/c1-15(2)16(3)9-10-17(15,14(21)22-13(16)20)12(19)18-11-7-5-4-6-8-11/h4-8H,9-10H2,1-3H3,(H,18,19). The van der Waals surface area contributed by atoms with Gasteiger partial charge in [0, 0.05) is 11.1 Å². The van der Waals surface area contributed by atoms with Crippen LogP contribution in [0.15, 0.2) is 30.3 Å². The molecule has 0 radical (unpaired) electrons. The summed E-state index contributed by atoms with van der Waals surface area (Å²) in [4.78, 5) is 37.5. The van der Waals surface area contributed by atoms with Gasteiger partial charge >= 0.3 is 11.9 Å². The molecule has 1 saturated heterocycles. The van der Waals surface area contributed by atoms with Crippen molar-refractivity contribution < 1.29 is 19.1 Å². The Hall–Kier alpha value is -2.17. The second-order valence-corrected chi connectivity index (χ2v) is 6.86. The smallest absolute Gasteiger partial charge is 0.329 e. The number of hydrogen-bond acceptors (Lipinski definition) is 4. The number of esters is 2. The molecule has 1 aromatic rings. The number of para-hydroxylation sites is 1. The number of carbonyl (C=O) groups excluding carboxylic acids is 3. The largest absolute Gasteiger partial charge is 0.392 e. The summed E-state index contributed by atoms with van der Waals surface area (Å²) < 4.78 is 4.94. The fraction of sp³-hybridized carbons (Fsp3) is 0.471. The van der Waals surface area contributed by atoms with Crippen LogP contribution in [0.5, 0.6) is 0 Å². The van der Waals surface area contributed by atoms with Gasteiger partial charge in [0.2, 0.25) is 5.91 Å². The van der Waals surface area contributed by atoms with Crippen LogP contribution >= 0.6 is 0 Å². The Morgan fingerprint density at radius 1 is 1.05 bits per heavy atom. The van der Waals surface area contributed by atoms with E-state index >= 15 is 0 Å². The maximum atomic E-state index is 12.9. The van der Waals surface area contributed by atoms with Crippen LogP contribution in [-0.4, -0.2) is 17.8 Å². The molecule has 2 atom stereocenters. The van der Waals surface area contributed by atoms with Crippen molar-refractivity contribution in [3.05, 3.63) is 30.3 Å². The van der Waals surface area contributed by atoms with Crippen LogP contribution in [0.1, 0.15) is 33.6 Å². The van der Waals surface area contributed by atoms with Crippen molar-refractivity contribution in [2.45, 2.75) is 33.6 Å². The highest BCUT2D eigenvalue weighted by Crippen LogP contribution is 2.66. The summed E-state index contributed by atoms with van der Waals surface area (Å²) in [6, 6.07) is 8.97. The van der Waals surface area contributed by atoms with Gasteiger partial charge in [-0.15, -0.1) is 0 Å². The zero-order valence-electron chi connectivity index (χ0n) is 12.9. The van der Waals surface area contributed by atoms with E-state index in [1.165, 1.54) is 0 Å². The molecular weight excluding hydrogens is 282 g/mol. The molecule has 1 aromatic carbocycles. The van der Waals surface area contributed by atoms with Crippen LogP contribution in [0.3, 0.4) is 0 Å². The lowest BCUT2D eigenvalue weighted by molar-refractivity contribution is -0.195. The first-order chi connectivity index (χ1) is 10.3. The van der Waals surface area contributed by atoms with Crippen LogP contribution in [0.25, 0.3) is 0 Å². The monoisotopic (exact) mass is 301 g/mol. The molecule has 22 heavy (non-hydrogen) atoms. The summed E-state index contributed by atoms with van der Waals surface area (Å²) in [5.41, 5.74) is -2.33. The molecule has 2 unspecified atom stereocenters. The lowest BCUT2D eigenvalue weighted by atomic mass is 9.57. The summed E-state index contributed by atoms with van der Waals surface area (Å²) in [5.74, 6) is -1.65. The first-order valence-corrected chi connectivity index (χ1v) is 7.39. The number of benzene rings is 1. The van der Waals surface area contributed by atoms with Gasteiger partial charge in [0.25, 0.3) is 0 Å². The number of amides is 1. The van der Waals surface area contributed by atoms with Gasteiger partial charge in [-0.2, -0.15) is 0 Å². The van der Waals surface area contributed by atoms with Crippen LogP contribution in [0.4, 0.5) is 5.69 Å². The predicted octanol–water partition coefficient (Wildman–Crippen LogP) is 2.52. The van der Waals surface area contributed by atoms with Crippen molar-refractivity contribution in [3.8, 4) is 0 Å². The fourth-order valence-corrected chi connectivity index (χ4v) is 3.78. The Kier molecular flexibility index (Phi) is 2.96. The quantitative estimate of drug-likeness (QED) is 0.673. The van der Waals surface area contributed by atoms with E-state index in [0.29, 0.717) is 18.5 Å². The summed E-state index contributed by atoms with van der Waals surface area (Å²) in [6.07, 6.45) is 0.784. The van der Waals surface area contributed by atoms with Gasteiger partial charge in [-0.25, -0.2) is 0 Å². The highest BCUT2D eigenvalue weighted by atomic mass is 16.6. The molecule has 1 aliphatic carbocycles. The summed E-state index contributed by atoms with van der Waals surface area (Å²) >= 11 is 0. The Bertz CT molecular complexity index is 666. The molecule has 2 bridgehead atoms. The maximum Gasteiger partial charge on any atom is 0.329 e. The molecule has 1 aliphatic heterocycles. The highest BCUT2D eigenvalue weighted by Gasteiger charge is 2.75. The van der Waals surface area contributed by atoms with E-state index in [1.54, 1.807) is 31.2 Å². The Balaban J connectivity index is 2.02. The number of hydrogen-bond donors (Lipinski definition) is 1. The summed E-state index contributed by atoms with van der Waals surface area (Å²) in [6.45, 7) is 5.39. The van der Waals surface area contributed by atoms with Gasteiger partial charge < -0.3 is 10.1 Å². The van der Waals surface area contributed by atoms with E-state index in [-0.39, 0.29) is 0 Å². The van der Waals surface area contributed by atoms with E-state index in [1.807, 2.05) is 19.9 Å². The molecule has 0 aromatic heterocycles. The van der Waals surface area contributed by atoms with E-state index in [4.69, 9.17) is 4.74 Å². The van der Waals surface area contributed by atoms with Crippen LogP contribution in [0.2, 0.25) is 0 Å². The molecule has 0 spiro atoms. The Morgan fingerprint density at radius 2 is 1.68 bits per heavy atom.